The van der Waals surface area contributed by atoms with E-state index in [-0.39, 0.29) is 16.2 Å². The summed E-state index contributed by atoms with van der Waals surface area (Å²) in [5, 5.41) is 0.276. The molecule has 0 radical (unpaired) electrons. The summed E-state index contributed by atoms with van der Waals surface area (Å²) >= 11 is 7.27. The number of thioether (sulfide) groups is 1. The van der Waals surface area contributed by atoms with Gasteiger partial charge < -0.3 is 4.74 Å². The Morgan fingerprint density at radius 3 is 2.38 bits per heavy atom. The molecule has 1 fully saturated rings. The molecule has 0 bridgehead atoms. The van der Waals surface area contributed by atoms with Gasteiger partial charge in [0.25, 0.3) is 0 Å². The van der Waals surface area contributed by atoms with Crippen LogP contribution in [0.3, 0.4) is 0 Å². The number of hydrogen-bond donors (Lipinski definition) is 0. The van der Waals surface area contributed by atoms with Crippen molar-refractivity contribution in [1.29, 1.82) is 0 Å². The van der Waals surface area contributed by atoms with Crippen LogP contribution in [0.5, 0.6) is 0 Å². The SMILES string of the molecule is FC(F)(F)c1ccccc1S[C@@H](c1ccc(Cl)cc1)[C@@H]1CN(Cc2ccccc2)CCO1. The molecule has 1 saturated heterocycles. The lowest BCUT2D eigenvalue weighted by Gasteiger charge is -2.37. The monoisotopic (exact) mass is 477 g/mol. The van der Waals surface area contributed by atoms with Gasteiger partial charge in [0.2, 0.25) is 0 Å². The summed E-state index contributed by atoms with van der Waals surface area (Å²) in [7, 11) is 0. The topological polar surface area (TPSA) is 12.5 Å². The fourth-order valence-electron chi connectivity index (χ4n) is 3.85. The lowest BCUT2D eigenvalue weighted by atomic mass is 10.1. The molecule has 2 atom stereocenters. The summed E-state index contributed by atoms with van der Waals surface area (Å²) in [5.74, 6) is 0. The smallest absolute Gasteiger partial charge is 0.374 e. The van der Waals surface area contributed by atoms with Crippen molar-refractivity contribution in [2.45, 2.75) is 29.0 Å². The second kappa shape index (κ2) is 10.3. The highest BCUT2D eigenvalue weighted by atomic mass is 35.5. The van der Waals surface area contributed by atoms with E-state index >= 15 is 0 Å². The molecule has 32 heavy (non-hydrogen) atoms. The van der Waals surface area contributed by atoms with Crippen molar-refractivity contribution in [2.75, 3.05) is 19.7 Å². The van der Waals surface area contributed by atoms with Crippen LogP contribution >= 0.6 is 23.4 Å². The maximum Gasteiger partial charge on any atom is 0.417 e. The highest BCUT2D eigenvalue weighted by Crippen LogP contribution is 2.45. The maximum atomic E-state index is 13.6. The van der Waals surface area contributed by atoms with Crippen molar-refractivity contribution in [3.63, 3.8) is 0 Å². The summed E-state index contributed by atoms with van der Waals surface area (Å²) < 4.78 is 47.0. The number of hydrogen-bond acceptors (Lipinski definition) is 3. The molecule has 2 nitrogen and oxygen atoms in total. The lowest BCUT2D eigenvalue weighted by molar-refractivity contribution is -0.139. The normalized spacial score (nSPS) is 18.4. The minimum Gasteiger partial charge on any atom is -0.374 e. The van der Waals surface area contributed by atoms with Crippen molar-refractivity contribution in [3.05, 3.63) is 101 Å². The number of alkyl halides is 3. The zero-order chi connectivity index (χ0) is 22.6. The van der Waals surface area contributed by atoms with Crippen LogP contribution in [0, 0.1) is 0 Å². The summed E-state index contributed by atoms with van der Waals surface area (Å²) in [6.45, 7) is 2.72. The number of halogens is 4. The Kier molecular flexibility index (Phi) is 7.46. The minimum absolute atomic E-state index is 0.198. The highest BCUT2D eigenvalue weighted by Gasteiger charge is 2.36. The predicted octanol–water partition coefficient (Wildman–Crippen LogP) is 7.09. The van der Waals surface area contributed by atoms with Gasteiger partial charge in [0, 0.05) is 29.6 Å². The third-order valence-corrected chi connectivity index (χ3v) is 7.10. The van der Waals surface area contributed by atoms with Crippen molar-refractivity contribution in [1.82, 2.24) is 4.90 Å². The Labute approximate surface area is 195 Å². The van der Waals surface area contributed by atoms with Crippen LogP contribution < -0.4 is 0 Å². The van der Waals surface area contributed by atoms with E-state index < -0.39 is 11.7 Å². The van der Waals surface area contributed by atoms with Crippen molar-refractivity contribution >= 4 is 23.4 Å². The van der Waals surface area contributed by atoms with Crippen molar-refractivity contribution < 1.29 is 17.9 Å². The maximum absolute atomic E-state index is 13.6. The Hall–Kier alpha value is -1.99. The van der Waals surface area contributed by atoms with Gasteiger partial charge in [0.05, 0.1) is 23.5 Å². The Bertz CT molecular complexity index is 1010. The molecule has 0 amide bonds. The standard InChI is InChI=1S/C25H23ClF3NOS/c26-20-12-10-19(11-13-20)24(32-23-9-5-4-8-21(23)25(27,28)29)22-17-30(14-15-31-22)16-18-6-2-1-3-7-18/h1-13,22,24H,14-17H2/t22-,24-/m0/s1. The van der Waals surface area contributed by atoms with Gasteiger partial charge in [-0.05, 0) is 35.4 Å². The molecule has 4 rings (SSSR count). The first-order chi connectivity index (χ1) is 15.4. The molecule has 1 heterocycles. The average molecular weight is 478 g/mol. The van der Waals surface area contributed by atoms with Gasteiger partial charge in [0.15, 0.2) is 0 Å². The van der Waals surface area contributed by atoms with Gasteiger partial charge in [-0.2, -0.15) is 13.2 Å². The highest BCUT2D eigenvalue weighted by molar-refractivity contribution is 7.99. The second-order valence-electron chi connectivity index (χ2n) is 7.71. The summed E-state index contributed by atoms with van der Waals surface area (Å²) in [6.07, 6.45) is -4.68. The molecule has 0 spiro atoms. The Balaban J connectivity index is 1.61. The zero-order valence-corrected chi connectivity index (χ0v) is 18.8. The van der Waals surface area contributed by atoms with Gasteiger partial charge in [-0.1, -0.05) is 66.2 Å². The van der Waals surface area contributed by atoms with Crippen LogP contribution in [0.25, 0.3) is 0 Å². The van der Waals surface area contributed by atoms with Crippen LogP contribution in [0.2, 0.25) is 5.02 Å². The van der Waals surface area contributed by atoms with Gasteiger partial charge in [0.1, 0.15) is 0 Å². The van der Waals surface area contributed by atoms with Gasteiger partial charge >= 0.3 is 6.18 Å². The summed E-state index contributed by atoms with van der Waals surface area (Å²) in [6, 6.07) is 23.2. The van der Waals surface area contributed by atoms with Crippen LogP contribution in [0.4, 0.5) is 13.2 Å². The number of benzene rings is 3. The predicted molar refractivity (Wildman–Crippen MR) is 123 cm³/mol. The molecule has 7 heteroatoms. The molecule has 1 aliphatic rings. The van der Waals surface area contributed by atoms with E-state index in [0.717, 1.165) is 24.7 Å². The molecule has 0 N–H and O–H groups in total. The molecule has 3 aromatic rings. The first-order valence-electron chi connectivity index (χ1n) is 10.4. The molecule has 0 saturated carbocycles. The van der Waals surface area contributed by atoms with Crippen LogP contribution in [-0.4, -0.2) is 30.7 Å². The lowest BCUT2D eigenvalue weighted by Crippen LogP contribution is -2.44. The third-order valence-electron chi connectivity index (χ3n) is 5.41. The molecule has 0 aliphatic carbocycles. The molecule has 0 unspecified atom stereocenters. The molecule has 168 valence electrons. The average Bonchev–Trinajstić information content (AvgIpc) is 2.79. The number of rotatable bonds is 6. The second-order valence-corrected chi connectivity index (χ2v) is 9.33. The first-order valence-corrected chi connectivity index (χ1v) is 11.6. The van der Waals surface area contributed by atoms with Gasteiger partial charge in [-0.25, -0.2) is 0 Å². The van der Waals surface area contributed by atoms with Gasteiger partial charge in [-0.3, -0.25) is 4.90 Å². The molecule has 1 aliphatic heterocycles. The molecular formula is C25H23ClF3NOS. The first kappa shape index (κ1) is 23.2. The summed E-state index contributed by atoms with van der Waals surface area (Å²) in [4.78, 5) is 2.49. The third kappa shape index (κ3) is 5.87. The van der Waals surface area contributed by atoms with E-state index in [9.17, 15) is 13.2 Å². The Morgan fingerprint density at radius 2 is 1.66 bits per heavy atom. The van der Waals surface area contributed by atoms with Crippen LogP contribution in [0.15, 0.2) is 83.8 Å². The minimum atomic E-state index is -4.42. The quantitative estimate of drug-likeness (QED) is 0.351. The van der Waals surface area contributed by atoms with Gasteiger partial charge in [-0.15, -0.1) is 11.8 Å². The zero-order valence-electron chi connectivity index (χ0n) is 17.3. The van der Waals surface area contributed by atoms with E-state index in [0.29, 0.717) is 18.2 Å². The fraction of sp³-hybridized carbons (Fsp3) is 0.280. The van der Waals surface area contributed by atoms with Crippen molar-refractivity contribution in [3.8, 4) is 0 Å². The molecule has 3 aromatic carbocycles. The van der Waals surface area contributed by atoms with E-state index in [2.05, 4.69) is 17.0 Å². The fourth-order valence-corrected chi connectivity index (χ4v) is 5.33. The summed E-state index contributed by atoms with van der Waals surface area (Å²) in [5.41, 5.74) is 1.47. The number of nitrogens with zero attached hydrogens (tertiary/aromatic N) is 1. The van der Waals surface area contributed by atoms with E-state index in [1.54, 1.807) is 18.2 Å². The molecular weight excluding hydrogens is 455 g/mol. The molecule has 0 aromatic heterocycles. The van der Waals surface area contributed by atoms with E-state index in [4.69, 9.17) is 16.3 Å². The van der Waals surface area contributed by atoms with E-state index in [1.807, 2.05) is 30.3 Å². The Morgan fingerprint density at radius 1 is 0.969 bits per heavy atom. The number of ether oxygens (including phenoxy) is 1. The van der Waals surface area contributed by atoms with Crippen LogP contribution in [-0.2, 0) is 17.5 Å². The van der Waals surface area contributed by atoms with E-state index in [1.165, 1.54) is 29.5 Å². The van der Waals surface area contributed by atoms with Crippen LogP contribution in [0.1, 0.15) is 21.9 Å². The van der Waals surface area contributed by atoms with Crippen molar-refractivity contribution in [2.24, 2.45) is 0 Å². The largest absolute Gasteiger partial charge is 0.417 e. The number of morpholine rings is 1.